The molecule has 1 aliphatic heterocycles. The number of carbonyl (C=O) groups excluding carboxylic acids is 1. The summed E-state index contributed by atoms with van der Waals surface area (Å²) in [6, 6.07) is 12.8. The van der Waals surface area contributed by atoms with Crippen LogP contribution < -0.4 is 5.32 Å². The molecule has 27 heavy (non-hydrogen) atoms. The zero-order valence-corrected chi connectivity index (χ0v) is 14.7. The molecule has 3 rings (SSSR count). The zero-order chi connectivity index (χ0) is 19.6. The molecule has 0 bridgehead atoms. The maximum atomic E-state index is 11.7. The summed E-state index contributed by atoms with van der Waals surface area (Å²) < 4.78 is 4.71. The van der Waals surface area contributed by atoms with Gasteiger partial charge in [-0.3, -0.25) is 0 Å². The third-order valence-corrected chi connectivity index (χ3v) is 5.36. The van der Waals surface area contributed by atoms with Crippen molar-refractivity contribution in [1.29, 1.82) is 21.2 Å². The number of hydrogen-bond acceptors (Lipinski definition) is 7. The second-order valence-corrected chi connectivity index (χ2v) is 6.56. The van der Waals surface area contributed by atoms with Crippen LogP contribution in [0.5, 0.6) is 0 Å². The van der Waals surface area contributed by atoms with Gasteiger partial charge in [0.05, 0.1) is 42.5 Å². The molecule has 7 nitrogen and oxygen atoms in total. The highest BCUT2D eigenvalue weighted by molar-refractivity contribution is 6.01. The summed E-state index contributed by atoms with van der Waals surface area (Å²) in [5, 5.41) is 40.9. The zero-order valence-electron chi connectivity index (χ0n) is 14.7. The average molecular weight is 359 g/mol. The molecule has 1 aliphatic carbocycles. The summed E-state index contributed by atoms with van der Waals surface area (Å²) in [7, 11) is 1.30. The second kappa shape index (κ2) is 7.03. The number of ether oxygens (including phenoxy) is 1. The normalized spacial score (nSPS) is 25.8. The van der Waals surface area contributed by atoms with Crippen LogP contribution in [-0.4, -0.2) is 31.9 Å². The molecule has 1 aromatic carbocycles. The molecule has 1 fully saturated rings. The summed E-state index contributed by atoms with van der Waals surface area (Å²) in [5.41, 5.74) is -0.119. The van der Waals surface area contributed by atoms with E-state index < -0.39 is 17.3 Å². The Morgan fingerprint density at radius 1 is 1.26 bits per heavy atom. The number of fused-ring (bicyclic) bond motifs is 1. The fourth-order valence-corrected chi connectivity index (χ4v) is 4.04. The number of methoxy groups -OCH3 is 1. The first kappa shape index (κ1) is 18.3. The average Bonchev–Trinajstić information content (AvgIpc) is 2.73. The first-order valence-corrected chi connectivity index (χ1v) is 8.44. The Hall–Kier alpha value is -3.47. The summed E-state index contributed by atoms with van der Waals surface area (Å²) >= 11 is 0. The van der Waals surface area contributed by atoms with E-state index in [1.54, 1.807) is 30.3 Å². The van der Waals surface area contributed by atoms with Crippen LogP contribution in [0.25, 0.3) is 0 Å². The minimum atomic E-state index is -1.70. The maximum absolute atomic E-state index is 11.7. The SMILES string of the molecule is COC(=O)c1ccc([C@H]2C(C#N)C(=N)C(C#N)(C#N)C3=CCNC[C@@H]32)cc1. The van der Waals surface area contributed by atoms with Gasteiger partial charge >= 0.3 is 5.97 Å². The number of benzene rings is 1. The van der Waals surface area contributed by atoms with Gasteiger partial charge in [0.1, 0.15) is 0 Å². The Balaban J connectivity index is 2.12. The van der Waals surface area contributed by atoms with Gasteiger partial charge in [0.15, 0.2) is 0 Å². The van der Waals surface area contributed by atoms with E-state index in [4.69, 9.17) is 10.1 Å². The van der Waals surface area contributed by atoms with Crippen LogP contribution in [0.3, 0.4) is 0 Å². The Kier molecular flexibility index (Phi) is 4.77. The molecule has 0 aromatic heterocycles. The lowest BCUT2D eigenvalue weighted by molar-refractivity contribution is 0.0600. The Labute approximate surface area is 157 Å². The highest BCUT2D eigenvalue weighted by atomic mass is 16.5. The predicted molar refractivity (Wildman–Crippen MR) is 95.5 cm³/mol. The largest absolute Gasteiger partial charge is 0.465 e. The number of carbonyl (C=O) groups is 1. The molecular formula is C20H17N5O2. The van der Waals surface area contributed by atoms with Crippen LogP contribution in [0.1, 0.15) is 21.8 Å². The van der Waals surface area contributed by atoms with Crippen molar-refractivity contribution in [3.8, 4) is 18.2 Å². The van der Waals surface area contributed by atoms with Gasteiger partial charge in [0.2, 0.25) is 5.41 Å². The van der Waals surface area contributed by atoms with Gasteiger partial charge in [-0.15, -0.1) is 0 Å². The quantitative estimate of drug-likeness (QED) is 0.612. The molecule has 1 heterocycles. The highest BCUT2D eigenvalue weighted by Gasteiger charge is 2.55. The Morgan fingerprint density at radius 3 is 2.48 bits per heavy atom. The first-order valence-electron chi connectivity index (χ1n) is 8.44. The number of rotatable bonds is 2. The third-order valence-electron chi connectivity index (χ3n) is 5.36. The van der Waals surface area contributed by atoms with Gasteiger partial charge in [-0.1, -0.05) is 18.2 Å². The van der Waals surface area contributed by atoms with Crippen molar-refractivity contribution in [3.05, 3.63) is 47.0 Å². The van der Waals surface area contributed by atoms with Crippen LogP contribution in [0.4, 0.5) is 0 Å². The van der Waals surface area contributed by atoms with Crippen molar-refractivity contribution in [2.45, 2.75) is 5.92 Å². The molecular weight excluding hydrogens is 342 g/mol. The number of nitrogens with one attached hydrogen (secondary N) is 2. The molecule has 1 saturated carbocycles. The first-order chi connectivity index (χ1) is 13.0. The molecule has 0 radical (unpaired) electrons. The molecule has 2 N–H and O–H groups in total. The standard InChI is InChI=1S/C20H17N5O2/c1-27-19(26)13-4-2-12(3-5-13)17-14(8-21)18(24)20(10-22,11-23)16-6-7-25-9-15(16)17/h2-6,14-15,17,24-25H,7,9H2,1H3/t14?,15-,17-/m0/s1. The van der Waals surface area contributed by atoms with Gasteiger partial charge in [-0.25, -0.2) is 4.79 Å². The lowest BCUT2D eigenvalue weighted by Crippen LogP contribution is -2.51. The number of nitrogens with zero attached hydrogens (tertiary/aromatic N) is 3. The van der Waals surface area contributed by atoms with Crippen molar-refractivity contribution in [2.75, 3.05) is 20.2 Å². The van der Waals surface area contributed by atoms with Gasteiger partial charge < -0.3 is 15.5 Å². The summed E-state index contributed by atoms with van der Waals surface area (Å²) in [5.74, 6) is -2.01. The minimum absolute atomic E-state index is 0.179. The summed E-state index contributed by atoms with van der Waals surface area (Å²) in [6.45, 7) is 1.02. The lowest BCUT2D eigenvalue weighted by atomic mass is 9.55. The van der Waals surface area contributed by atoms with Crippen molar-refractivity contribution >= 4 is 11.7 Å². The molecule has 1 unspecified atom stereocenters. The minimum Gasteiger partial charge on any atom is -0.465 e. The van der Waals surface area contributed by atoms with Gasteiger partial charge in [0.25, 0.3) is 0 Å². The van der Waals surface area contributed by atoms with E-state index in [1.165, 1.54) is 7.11 Å². The van der Waals surface area contributed by atoms with E-state index in [2.05, 4.69) is 11.4 Å². The molecule has 1 aromatic rings. The van der Waals surface area contributed by atoms with E-state index in [1.807, 2.05) is 12.1 Å². The third kappa shape index (κ3) is 2.68. The second-order valence-electron chi connectivity index (χ2n) is 6.56. The number of esters is 1. The lowest BCUT2D eigenvalue weighted by Gasteiger charge is -2.45. The smallest absolute Gasteiger partial charge is 0.337 e. The van der Waals surface area contributed by atoms with Crippen LogP contribution in [-0.2, 0) is 4.74 Å². The van der Waals surface area contributed by atoms with E-state index in [-0.39, 0.29) is 17.5 Å². The predicted octanol–water partition coefficient (Wildman–Crippen LogP) is 1.91. The van der Waals surface area contributed by atoms with Gasteiger partial charge in [0, 0.05) is 24.9 Å². The molecule has 0 saturated heterocycles. The van der Waals surface area contributed by atoms with Crippen molar-refractivity contribution in [2.24, 2.45) is 17.3 Å². The van der Waals surface area contributed by atoms with Crippen molar-refractivity contribution in [3.63, 3.8) is 0 Å². The monoisotopic (exact) mass is 359 g/mol. The molecule has 7 heteroatoms. The summed E-state index contributed by atoms with van der Waals surface area (Å²) in [4.78, 5) is 11.7. The van der Waals surface area contributed by atoms with E-state index in [9.17, 15) is 20.6 Å². The van der Waals surface area contributed by atoms with Crippen LogP contribution in [0.2, 0.25) is 0 Å². The fraction of sp³-hybridized carbons (Fsp3) is 0.350. The molecule has 134 valence electrons. The molecule has 2 aliphatic rings. The number of hydrogen-bond donors (Lipinski definition) is 2. The van der Waals surface area contributed by atoms with E-state index in [0.717, 1.165) is 5.56 Å². The highest BCUT2D eigenvalue weighted by Crippen LogP contribution is 2.51. The van der Waals surface area contributed by atoms with Crippen LogP contribution in [0.15, 0.2) is 35.9 Å². The van der Waals surface area contributed by atoms with Crippen molar-refractivity contribution in [1.82, 2.24) is 5.32 Å². The van der Waals surface area contributed by atoms with Crippen LogP contribution >= 0.6 is 0 Å². The number of nitriles is 3. The van der Waals surface area contributed by atoms with E-state index in [0.29, 0.717) is 24.2 Å². The van der Waals surface area contributed by atoms with Gasteiger partial charge in [-0.2, -0.15) is 15.8 Å². The summed E-state index contributed by atoms with van der Waals surface area (Å²) in [6.07, 6.45) is 1.79. The van der Waals surface area contributed by atoms with E-state index >= 15 is 0 Å². The Morgan fingerprint density at radius 2 is 1.93 bits per heavy atom. The van der Waals surface area contributed by atoms with Crippen molar-refractivity contribution < 1.29 is 9.53 Å². The van der Waals surface area contributed by atoms with Crippen LogP contribution in [0, 0.1) is 56.7 Å². The molecule has 0 spiro atoms. The molecule has 3 atom stereocenters. The fourth-order valence-electron chi connectivity index (χ4n) is 4.04. The topological polar surface area (TPSA) is 134 Å². The van der Waals surface area contributed by atoms with Gasteiger partial charge in [-0.05, 0) is 23.3 Å². The molecule has 0 amide bonds. The maximum Gasteiger partial charge on any atom is 0.337 e. The Bertz CT molecular complexity index is 929.